The first kappa shape index (κ1) is 8.07. The van der Waals surface area contributed by atoms with Gasteiger partial charge >= 0.3 is 6.09 Å². The van der Waals surface area contributed by atoms with E-state index in [1.165, 1.54) is 0 Å². The van der Waals surface area contributed by atoms with Crippen LogP contribution in [0.1, 0.15) is 6.92 Å². The Morgan fingerprint density at radius 2 is 2.64 bits per heavy atom. The minimum absolute atomic E-state index is 0.240. The molecular weight excluding hydrogens is 146 g/mol. The molecule has 0 aliphatic carbocycles. The summed E-state index contributed by atoms with van der Waals surface area (Å²) in [7, 11) is 0. The van der Waals surface area contributed by atoms with Crippen molar-refractivity contribution in [2.24, 2.45) is 0 Å². The molecule has 0 saturated carbocycles. The average Bonchev–Trinajstić information content (AvgIpc) is 2.36. The molecule has 4 nitrogen and oxygen atoms in total. The van der Waals surface area contributed by atoms with Crippen molar-refractivity contribution in [2.75, 3.05) is 6.61 Å². The Labute approximate surface area is 64.9 Å². The maximum Gasteiger partial charge on any atom is 0.407 e. The number of hydrogen-bond donors (Lipinski definition) is 2. The zero-order valence-corrected chi connectivity index (χ0v) is 6.28. The zero-order chi connectivity index (χ0) is 8.27. The third kappa shape index (κ3) is 1.94. The lowest BCUT2D eigenvalue weighted by Crippen LogP contribution is -2.36. The van der Waals surface area contributed by atoms with Crippen molar-refractivity contribution in [3.05, 3.63) is 12.2 Å². The van der Waals surface area contributed by atoms with Crippen molar-refractivity contribution in [2.45, 2.75) is 19.1 Å². The van der Waals surface area contributed by atoms with E-state index in [2.05, 4.69) is 10.1 Å². The molecule has 0 aromatic rings. The first-order valence-corrected chi connectivity index (χ1v) is 3.48. The average molecular weight is 157 g/mol. The Morgan fingerprint density at radius 3 is 3.09 bits per heavy atom. The van der Waals surface area contributed by atoms with E-state index in [-0.39, 0.29) is 12.6 Å². The highest BCUT2D eigenvalue weighted by atomic mass is 16.6. The molecule has 1 rings (SSSR count). The van der Waals surface area contributed by atoms with Crippen LogP contribution >= 0.6 is 0 Å². The van der Waals surface area contributed by atoms with Gasteiger partial charge in [-0.25, -0.2) is 4.79 Å². The number of carbonyl (C=O) groups is 1. The Bertz CT molecular complexity index is 179. The molecule has 2 N–H and O–H groups in total. The quantitative estimate of drug-likeness (QED) is 0.556. The fourth-order valence-corrected chi connectivity index (χ4v) is 0.915. The van der Waals surface area contributed by atoms with E-state index in [9.17, 15) is 9.90 Å². The van der Waals surface area contributed by atoms with Crippen LogP contribution in [0.4, 0.5) is 4.79 Å². The SMILES string of the molecule is C/C=C/[C@@H](O)[C@H]1COC(=O)N1. The summed E-state index contributed by atoms with van der Waals surface area (Å²) in [5.74, 6) is 0. The third-order valence-electron chi connectivity index (χ3n) is 1.50. The molecule has 11 heavy (non-hydrogen) atoms. The zero-order valence-electron chi connectivity index (χ0n) is 6.28. The molecule has 1 heterocycles. The lowest BCUT2D eigenvalue weighted by molar-refractivity contribution is 0.157. The van der Waals surface area contributed by atoms with Crippen LogP contribution < -0.4 is 5.32 Å². The number of ether oxygens (including phenoxy) is 1. The van der Waals surface area contributed by atoms with Crippen molar-refractivity contribution in [3.63, 3.8) is 0 Å². The Kier molecular flexibility index (Phi) is 2.48. The molecule has 1 aliphatic rings. The van der Waals surface area contributed by atoms with Gasteiger partial charge in [-0.2, -0.15) is 0 Å². The minimum Gasteiger partial charge on any atom is -0.447 e. The summed E-state index contributed by atoms with van der Waals surface area (Å²) >= 11 is 0. The van der Waals surface area contributed by atoms with Crippen LogP contribution in [0, 0.1) is 0 Å². The van der Waals surface area contributed by atoms with Crippen LogP contribution in [0.3, 0.4) is 0 Å². The summed E-state index contributed by atoms with van der Waals surface area (Å²) < 4.78 is 4.59. The smallest absolute Gasteiger partial charge is 0.407 e. The van der Waals surface area contributed by atoms with Gasteiger partial charge < -0.3 is 15.2 Å². The topological polar surface area (TPSA) is 58.6 Å². The fourth-order valence-electron chi connectivity index (χ4n) is 0.915. The fraction of sp³-hybridized carbons (Fsp3) is 0.571. The highest BCUT2D eigenvalue weighted by molar-refractivity contribution is 5.69. The molecule has 0 aromatic heterocycles. The highest BCUT2D eigenvalue weighted by Crippen LogP contribution is 2.03. The number of rotatable bonds is 2. The predicted octanol–water partition coefficient (Wildman–Crippen LogP) is 0.0318. The molecule has 0 aromatic carbocycles. The van der Waals surface area contributed by atoms with Gasteiger partial charge in [-0.05, 0) is 6.92 Å². The van der Waals surface area contributed by atoms with E-state index >= 15 is 0 Å². The van der Waals surface area contributed by atoms with E-state index < -0.39 is 12.2 Å². The van der Waals surface area contributed by atoms with Gasteiger partial charge in [-0.1, -0.05) is 12.2 Å². The number of carbonyl (C=O) groups excluding carboxylic acids is 1. The standard InChI is InChI=1S/C7H11NO3/c1-2-3-6(9)5-4-11-7(10)8-5/h2-3,5-6,9H,4H2,1H3,(H,8,10)/b3-2+/t5-,6-/m1/s1. The van der Waals surface area contributed by atoms with Crippen molar-refractivity contribution >= 4 is 6.09 Å². The second kappa shape index (κ2) is 3.39. The summed E-state index contributed by atoms with van der Waals surface area (Å²) in [6.07, 6.45) is 2.24. The molecule has 0 spiro atoms. The monoisotopic (exact) mass is 157 g/mol. The van der Waals surface area contributed by atoms with Gasteiger partial charge in [-0.15, -0.1) is 0 Å². The molecule has 4 heteroatoms. The van der Waals surface area contributed by atoms with E-state index in [4.69, 9.17) is 0 Å². The van der Waals surface area contributed by atoms with Crippen molar-refractivity contribution < 1.29 is 14.6 Å². The van der Waals surface area contributed by atoms with Gasteiger partial charge in [0.1, 0.15) is 6.61 Å². The molecule has 0 unspecified atom stereocenters. The summed E-state index contributed by atoms with van der Waals surface area (Å²) in [5, 5.41) is 11.8. The second-order valence-electron chi connectivity index (χ2n) is 2.37. The number of amides is 1. The van der Waals surface area contributed by atoms with E-state index in [1.54, 1.807) is 19.1 Å². The van der Waals surface area contributed by atoms with Crippen molar-refractivity contribution in [3.8, 4) is 0 Å². The molecule has 0 radical (unpaired) electrons. The van der Waals surface area contributed by atoms with Gasteiger partial charge in [0.05, 0.1) is 12.1 Å². The second-order valence-corrected chi connectivity index (χ2v) is 2.37. The van der Waals surface area contributed by atoms with Crippen LogP contribution in [-0.4, -0.2) is 30.0 Å². The molecular formula is C7H11NO3. The van der Waals surface area contributed by atoms with Gasteiger partial charge in [0.2, 0.25) is 0 Å². The lowest BCUT2D eigenvalue weighted by Gasteiger charge is -2.10. The Hall–Kier alpha value is -1.03. The summed E-state index contributed by atoms with van der Waals surface area (Å²) in [6, 6.07) is -0.293. The van der Waals surface area contributed by atoms with Crippen molar-refractivity contribution in [1.82, 2.24) is 5.32 Å². The largest absolute Gasteiger partial charge is 0.447 e. The van der Waals surface area contributed by atoms with Gasteiger partial charge in [-0.3, -0.25) is 0 Å². The minimum atomic E-state index is -0.647. The number of hydrogen-bond acceptors (Lipinski definition) is 3. The van der Waals surface area contributed by atoms with E-state index in [0.29, 0.717) is 0 Å². The number of alkyl carbamates (subject to hydrolysis) is 1. The molecule has 1 saturated heterocycles. The molecule has 2 atom stereocenters. The number of nitrogens with one attached hydrogen (secondary N) is 1. The molecule has 62 valence electrons. The summed E-state index contributed by atoms with van der Waals surface area (Å²) in [6.45, 7) is 2.05. The molecule has 1 aliphatic heterocycles. The van der Waals surface area contributed by atoms with E-state index in [1.807, 2.05) is 0 Å². The van der Waals surface area contributed by atoms with Gasteiger partial charge in [0.15, 0.2) is 0 Å². The molecule has 1 amide bonds. The number of cyclic esters (lactones) is 1. The van der Waals surface area contributed by atoms with Crippen LogP contribution in [0.25, 0.3) is 0 Å². The van der Waals surface area contributed by atoms with Crippen LogP contribution in [0.2, 0.25) is 0 Å². The Balaban J connectivity index is 2.42. The maximum absolute atomic E-state index is 10.5. The van der Waals surface area contributed by atoms with Crippen molar-refractivity contribution in [1.29, 1.82) is 0 Å². The van der Waals surface area contributed by atoms with E-state index in [0.717, 1.165) is 0 Å². The normalized spacial score (nSPS) is 26.7. The number of allylic oxidation sites excluding steroid dienone is 1. The lowest BCUT2D eigenvalue weighted by atomic mass is 10.2. The van der Waals surface area contributed by atoms with Crippen LogP contribution in [0.5, 0.6) is 0 Å². The molecule has 0 bridgehead atoms. The van der Waals surface area contributed by atoms with Crippen LogP contribution in [0.15, 0.2) is 12.2 Å². The summed E-state index contributed by atoms with van der Waals surface area (Å²) in [5.41, 5.74) is 0. The summed E-state index contributed by atoms with van der Waals surface area (Å²) in [4.78, 5) is 10.5. The van der Waals surface area contributed by atoms with Crippen LogP contribution in [-0.2, 0) is 4.74 Å². The van der Waals surface area contributed by atoms with Gasteiger partial charge in [0, 0.05) is 0 Å². The molecule has 1 fully saturated rings. The highest BCUT2D eigenvalue weighted by Gasteiger charge is 2.26. The Morgan fingerprint density at radius 1 is 1.91 bits per heavy atom. The first-order chi connectivity index (χ1) is 5.24. The number of aliphatic hydroxyl groups is 1. The van der Waals surface area contributed by atoms with Gasteiger partial charge in [0.25, 0.3) is 0 Å². The number of aliphatic hydroxyl groups excluding tert-OH is 1. The maximum atomic E-state index is 10.5. The first-order valence-electron chi connectivity index (χ1n) is 3.48. The predicted molar refractivity (Wildman–Crippen MR) is 39.1 cm³/mol. The third-order valence-corrected chi connectivity index (χ3v) is 1.50.